The Morgan fingerprint density at radius 1 is 0.232 bits per heavy atom. The maximum atomic E-state index is 12.9. The van der Waals surface area contributed by atoms with Crippen molar-refractivity contribution in [2.24, 2.45) is 0 Å². The third kappa shape index (κ3) is 68.9. The third-order valence-corrected chi connectivity index (χ3v) is 17.5. The fourth-order valence-electron chi connectivity index (χ4n) is 11.9. The van der Waals surface area contributed by atoms with Crippen LogP contribution in [0.2, 0.25) is 0 Å². The van der Waals surface area contributed by atoms with E-state index in [0.717, 1.165) is 57.8 Å². The van der Waals surface area contributed by atoms with Crippen LogP contribution in [-0.4, -0.2) is 37.2 Å². The van der Waals surface area contributed by atoms with E-state index in [1.54, 1.807) is 0 Å². The number of unbranched alkanes of at least 4 members (excludes halogenated alkanes) is 58. The Bertz CT molecular complexity index is 1280. The fraction of sp³-hybridized carbons (Fsp3) is 0.934. The number of carbonyl (C=O) groups is 3. The molecule has 0 aliphatic rings. The first-order valence-electron chi connectivity index (χ1n) is 37.7. The van der Waals surface area contributed by atoms with E-state index in [0.29, 0.717) is 19.3 Å². The van der Waals surface area contributed by atoms with Crippen molar-refractivity contribution in [3.8, 4) is 0 Å². The van der Waals surface area contributed by atoms with Crippen LogP contribution in [0.1, 0.15) is 438 Å². The lowest BCUT2D eigenvalue weighted by molar-refractivity contribution is -0.167. The van der Waals surface area contributed by atoms with Gasteiger partial charge >= 0.3 is 17.9 Å². The van der Waals surface area contributed by atoms with Gasteiger partial charge < -0.3 is 14.2 Å². The summed E-state index contributed by atoms with van der Waals surface area (Å²) < 4.78 is 17.0. The highest BCUT2D eigenvalue weighted by Crippen LogP contribution is 2.20. The average molecular weight is 1160 g/mol. The van der Waals surface area contributed by atoms with Crippen molar-refractivity contribution in [1.82, 2.24) is 0 Å². The Balaban J connectivity index is 4.01. The highest BCUT2D eigenvalue weighted by atomic mass is 16.6. The summed E-state index contributed by atoms with van der Waals surface area (Å²) in [6.45, 7) is 6.72. The Hall–Kier alpha value is -1.85. The summed E-state index contributed by atoms with van der Waals surface area (Å²) in [5.74, 6) is -0.825. The van der Waals surface area contributed by atoms with Crippen molar-refractivity contribution < 1.29 is 28.6 Å². The molecule has 0 heterocycles. The van der Waals surface area contributed by atoms with Gasteiger partial charge in [-0.3, -0.25) is 14.4 Å². The average Bonchev–Trinajstić information content (AvgIpc) is 3.47. The van der Waals surface area contributed by atoms with Gasteiger partial charge in [0.2, 0.25) is 0 Å². The minimum Gasteiger partial charge on any atom is -0.462 e. The monoisotopic (exact) mass is 1160 g/mol. The lowest BCUT2D eigenvalue weighted by atomic mass is 10.0. The number of ether oxygens (including phenoxy) is 3. The molecule has 1 atom stereocenters. The number of carbonyl (C=O) groups excluding carboxylic acids is 3. The maximum absolute atomic E-state index is 12.9. The molecule has 0 spiro atoms. The second kappa shape index (κ2) is 71.6. The molecule has 0 amide bonds. The number of allylic oxidation sites excluding steroid dienone is 2. The number of rotatable bonds is 71. The lowest BCUT2D eigenvalue weighted by Crippen LogP contribution is -2.30. The van der Waals surface area contributed by atoms with Crippen LogP contribution in [0.4, 0.5) is 0 Å². The largest absolute Gasteiger partial charge is 0.462 e. The van der Waals surface area contributed by atoms with Gasteiger partial charge in [-0.2, -0.15) is 0 Å². The minimum atomic E-state index is -0.764. The Labute approximate surface area is 513 Å². The molecule has 0 N–H and O–H groups in total. The van der Waals surface area contributed by atoms with E-state index in [-0.39, 0.29) is 31.1 Å². The molecule has 0 fully saturated rings. The smallest absolute Gasteiger partial charge is 0.306 e. The summed E-state index contributed by atoms with van der Waals surface area (Å²) in [6, 6.07) is 0. The van der Waals surface area contributed by atoms with Gasteiger partial charge in [-0.25, -0.2) is 0 Å². The fourth-order valence-corrected chi connectivity index (χ4v) is 11.9. The summed E-state index contributed by atoms with van der Waals surface area (Å²) >= 11 is 0. The first-order valence-corrected chi connectivity index (χ1v) is 37.7. The normalized spacial score (nSPS) is 12.0. The molecule has 486 valence electrons. The molecule has 6 heteroatoms. The molecule has 0 bridgehead atoms. The van der Waals surface area contributed by atoms with E-state index in [1.165, 1.54) is 340 Å². The van der Waals surface area contributed by atoms with Crippen LogP contribution in [0.5, 0.6) is 0 Å². The molecule has 0 aliphatic carbocycles. The standard InChI is InChI=1S/C76H146O6/c1-4-7-10-13-16-19-22-24-26-28-30-31-32-33-34-35-36-37-38-39-40-41-42-43-44-45-46-48-49-51-54-57-60-63-66-69-75(78)81-72-73(71-80-74(77)68-65-62-59-56-53-21-18-15-12-9-6-3)82-76(79)70-67-64-61-58-55-52-50-47-29-27-25-23-20-17-14-11-8-5-2/h28,30,73H,4-27,29,31-72H2,1-3H3/b30-28-. The van der Waals surface area contributed by atoms with Gasteiger partial charge in [-0.1, -0.05) is 386 Å². The molecule has 0 aromatic carbocycles. The lowest BCUT2D eigenvalue weighted by Gasteiger charge is -2.18. The van der Waals surface area contributed by atoms with Crippen LogP contribution in [-0.2, 0) is 28.6 Å². The number of hydrogen-bond acceptors (Lipinski definition) is 6. The topological polar surface area (TPSA) is 78.9 Å². The van der Waals surface area contributed by atoms with Crippen molar-refractivity contribution in [2.45, 2.75) is 444 Å². The predicted octanol–water partition coefficient (Wildman–Crippen LogP) is 26.0. The van der Waals surface area contributed by atoms with Crippen LogP contribution in [0, 0.1) is 0 Å². The number of esters is 3. The van der Waals surface area contributed by atoms with Gasteiger partial charge in [0.1, 0.15) is 13.2 Å². The van der Waals surface area contributed by atoms with Crippen LogP contribution in [0.25, 0.3) is 0 Å². The van der Waals surface area contributed by atoms with Crippen molar-refractivity contribution in [2.75, 3.05) is 13.2 Å². The first-order chi connectivity index (χ1) is 40.5. The predicted molar refractivity (Wildman–Crippen MR) is 358 cm³/mol. The van der Waals surface area contributed by atoms with E-state index < -0.39 is 6.10 Å². The molecular weight excluding hydrogens is 1010 g/mol. The molecule has 0 aromatic rings. The molecule has 0 rings (SSSR count). The zero-order chi connectivity index (χ0) is 59.2. The Morgan fingerprint density at radius 3 is 0.610 bits per heavy atom. The van der Waals surface area contributed by atoms with E-state index in [4.69, 9.17) is 14.2 Å². The molecule has 1 unspecified atom stereocenters. The molecule has 0 saturated heterocycles. The molecule has 0 aliphatic heterocycles. The highest BCUT2D eigenvalue weighted by molar-refractivity contribution is 5.71. The second-order valence-corrected chi connectivity index (χ2v) is 25.9. The summed E-state index contributed by atoms with van der Waals surface area (Å²) in [4.78, 5) is 38.4. The van der Waals surface area contributed by atoms with Crippen molar-refractivity contribution in [1.29, 1.82) is 0 Å². The SMILES string of the molecule is CCCCCCCCCC/C=C\CCCCCCCCCCCCCCCCCCCCCCCCCC(=O)OCC(COC(=O)CCCCCCCCCCCCC)OC(=O)CCCCCCCCCCCCCCCCCCCC. The maximum Gasteiger partial charge on any atom is 0.306 e. The zero-order valence-electron chi connectivity index (χ0n) is 56.1. The molecule has 6 nitrogen and oxygen atoms in total. The van der Waals surface area contributed by atoms with Gasteiger partial charge in [0.15, 0.2) is 6.10 Å². The third-order valence-electron chi connectivity index (χ3n) is 17.5. The molecule has 0 saturated carbocycles. The van der Waals surface area contributed by atoms with Crippen LogP contribution >= 0.6 is 0 Å². The van der Waals surface area contributed by atoms with E-state index in [9.17, 15) is 14.4 Å². The molecule has 0 aromatic heterocycles. The van der Waals surface area contributed by atoms with E-state index >= 15 is 0 Å². The Kier molecular flexibility index (Phi) is 70.0. The van der Waals surface area contributed by atoms with Gasteiger partial charge in [0, 0.05) is 19.3 Å². The highest BCUT2D eigenvalue weighted by Gasteiger charge is 2.20. The zero-order valence-corrected chi connectivity index (χ0v) is 56.1. The van der Waals surface area contributed by atoms with Crippen LogP contribution in [0.3, 0.4) is 0 Å². The van der Waals surface area contributed by atoms with E-state index in [1.807, 2.05) is 0 Å². The minimum absolute atomic E-state index is 0.0616. The summed E-state index contributed by atoms with van der Waals surface area (Å²) in [6.07, 6.45) is 87.1. The van der Waals surface area contributed by atoms with Gasteiger partial charge in [0.05, 0.1) is 0 Å². The van der Waals surface area contributed by atoms with Crippen LogP contribution in [0.15, 0.2) is 12.2 Å². The Morgan fingerprint density at radius 2 is 0.402 bits per heavy atom. The van der Waals surface area contributed by atoms with Gasteiger partial charge in [-0.05, 0) is 44.9 Å². The molecule has 82 heavy (non-hydrogen) atoms. The summed E-state index contributed by atoms with van der Waals surface area (Å²) in [5, 5.41) is 0. The van der Waals surface area contributed by atoms with Crippen molar-refractivity contribution in [3.05, 3.63) is 12.2 Å². The second-order valence-electron chi connectivity index (χ2n) is 25.9. The molecule has 0 radical (unpaired) electrons. The molecular formula is C76H146O6. The van der Waals surface area contributed by atoms with Crippen LogP contribution < -0.4 is 0 Å². The summed E-state index contributed by atoms with van der Waals surface area (Å²) in [5.41, 5.74) is 0. The van der Waals surface area contributed by atoms with E-state index in [2.05, 4.69) is 32.9 Å². The van der Waals surface area contributed by atoms with Gasteiger partial charge in [-0.15, -0.1) is 0 Å². The van der Waals surface area contributed by atoms with Gasteiger partial charge in [0.25, 0.3) is 0 Å². The van der Waals surface area contributed by atoms with Crippen molar-refractivity contribution in [3.63, 3.8) is 0 Å². The van der Waals surface area contributed by atoms with Crippen molar-refractivity contribution >= 4 is 17.9 Å². The quantitative estimate of drug-likeness (QED) is 0.0261. The number of hydrogen-bond donors (Lipinski definition) is 0. The first kappa shape index (κ1) is 80.2. The summed E-state index contributed by atoms with van der Waals surface area (Å²) in [7, 11) is 0.